The van der Waals surface area contributed by atoms with E-state index in [1.807, 2.05) is 0 Å². The lowest BCUT2D eigenvalue weighted by Gasteiger charge is -2.25. The molecular weight excluding hydrogens is 172 g/mol. The van der Waals surface area contributed by atoms with E-state index in [1.54, 1.807) is 0 Å². The monoisotopic (exact) mass is 190 g/mol. The molecule has 1 aliphatic heterocycles. The van der Waals surface area contributed by atoms with Gasteiger partial charge in [-0.15, -0.1) is 0 Å². The molecule has 1 saturated heterocycles. The summed E-state index contributed by atoms with van der Waals surface area (Å²) in [6, 6.07) is 11.4. The summed E-state index contributed by atoms with van der Waals surface area (Å²) in [7, 11) is 4.32. The van der Waals surface area contributed by atoms with Gasteiger partial charge >= 0.3 is 0 Å². The highest BCUT2D eigenvalue weighted by atomic mass is 15.2. The van der Waals surface area contributed by atoms with Crippen molar-refractivity contribution in [3.8, 4) is 0 Å². The molecule has 1 heterocycles. The Balaban J connectivity index is 2.18. The predicted octanol–water partition coefficient (Wildman–Crippen LogP) is 1.30. The Morgan fingerprint density at radius 1 is 1.14 bits per heavy atom. The van der Waals surface area contributed by atoms with Crippen LogP contribution in [0.3, 0.4) is 0 Å². The molecule has 0 aliphatic carbocycles. The lowest BCUT2D eigenvalue weighted by Crippen LogP contribution is -2.33. The standard InChI is InChI=1S/C12H18N2/c1-14(2)12-9-13-8-11(12)10-6-4-3-5-7-10/h3-7,11-13H,8-9H2,1-2H3/t11-,12+/m1/s1. The molecule has 1 N–H and O–H groups in total. The Hall–Kier alpha value is -0.860. The maximum absolute atomic E-state index is 3.46. The molecule has 2 rings (SSSR count). The molecule has 1 fully saturated rings. The Bertz CT molecular complexity index is 282. The molecule has 0 unspecified atom stereocenters. The van der Waals surface area contributed by atoms with Crippen molar-refractivity contribution in [2.75, 3.05) is 27.2 Å². The fourth-order valence-electron chi connectivity index (χ4n) is 2.25. The Morgan fingerprint density at radius 3 is 2.50 bits per heavy atom. The molecule has 0 bridgehead atoms. The highest BCUT2D eigenvalue weighted by Gasteiger charge is 2.29. The first kappa shape index (κ1) is 9.69. The fraction of sp³-hybridized carbons (Fsp3) is 0.500. The van der Waals surface area contributed by atoms with E-state index in [9.17, 15) is 0 Å². The summed E-state index contributed by atoms with van der Waals surface area (Å²) in [6.07, 6.45) is 0. The minimum Gasteiger partial charge on any atom is -0.314 e. The van der Waals surface area contributed by atoms with Gasteiger partial charge in [0.2, 0.25) is 0 Å². The zero-order chi connectivity index (χ0) is 9.97. The number of nitrogens with one attached hydrogen (secondary N) is 1. The number of benzene rings is 1. The van der Waals surface area contributed by atoms with Crippen molar-refractivity contribution in [2.24, 2.45) is 0 Å². The van der Waals surface area contributed by atoms with Crippen LogP contribution in [0, 0.1) is 0 Å². The van der Waals surface area contributed by atoms with Crippen LogP contribution in [0.2, 0.25) is 0 Å². The molecule has 0 spiro atoms. The summed E-state index contributed by atoms with van der Waals surface area (Å²) in [5, 5.41) is 3.46. The molecule has 1 aromatic carbocycles. The topological polar surface area (TPSA) is 15.3 Å². The molecule has 0 aromatic heterocycles. The number of hydrogen-bond donors (Lipinski definition) is 1. The summed E-state index contributed by atoms with van der Waals surface area (Å²) < 4.78 is 0. The second-order valence-corrected chi connectivity index (χ2v) is 4.21. The van der Waals surface area contributed by atoms with Gasteiger partial charge in [-0.2, -0.15) is 0 Å². The predicted molar refractivity (Wildman–Crippen MR) is 59.5 cm³/mol. The number of rotatable bonds is 2. The van der Waals surface area contributed by atoms with Gasteiger partial charge in [-0.05, 0) is 19.7 Å². The Labute approximate surface area is 85.9 Å². The van der Waals surface area contributed by atoms with Crippen molar-refractivity contribution in [3.63, 3.8) is 0 Å². The first-order valence-corrected chi connectivity index (χ1v) is 5.21. The van der Waals surface area contributed by atoms with Crippen molar-refractivity contribution in [1.82, 2.24) is 10.2 Å². The van der Waals surface area contributed by atoms with Crippen LogP contribution in [0.25, 0.3) is 0 Å². The lowest BCUT2D eigenvalue weighted by atomic mass is 9.94. The van der Waals surface area contributed by atoms with Gasteiger partial charge in [0, 0.05) is 25.0 Å². The number of likely N-dealkylation sites (N-methyl/N-ethyl adjacent to an activating group) is 1. The first-order valence-electron chi connectivity index (χ1n) is 5.21. The Morgan fingerprint density at radius 2 is 1.86 bits per heavy atom. The average molecular weight is 190 g/mol. The summed E-state index contributed by atoms with van der Waals surface area (Å²) in [4.78, 5) is 2.32. The second-order valence-electron chi connectivity index (χ2n) is 4.21. The molecule has 0 amide bonds. The van der Waals surface area contributed by atoms with Crippen LogP contribution >= 0.6 is 0 Å². The molecule has 2 atom stereocenters. The molecule has 1 aliphatic rings. The van der Waals surface area contributed by atoms with Crippen LogP contribution in [0.15, 0.2) is 30.3 Å². The first-order chi connectivity index (χ1) is 6.79. The van der Waals surface area contributed by atoms with E-state index in [2.05, 4.69) is 54.6 Å². The fourth-order valence-corrected chi connectivity index (χ4v) is 2.25. The van der Waals surface area contributed by atoms with Gasteiger partial charge in [0.1, 0.15) is 0 Å². The summed E-state index contributed by atoms with van der Waals surface area (Å²) >= 11 is 0. The Kier molecular flexibility index (Phi) is 2.85. The number of hydrogen-bond acceptors (Lipinski definition) is 2. The van der Waals surface area contributed by atoms with E-state index < -0.39 is 0 Å². The van der Waals surface area contributed by atoms with Gasteiger partial charge in [0.15, 0.2) is 0 Å². The largest absolute Gasteiger partial charge is 0.314 e. The van der Waals surface area contributed by atoms with E-state index in [0.717, 1.165) is 13.1 Å². The van der Waals surface area contributed by atoms with Crippen LogP contribution in [0.5, 0.6) is 0 Å². The van der Waals surface area contributed by atoms with E-state index in [4.69, 9.17) is 0 Å². The molecule has 2 heteroatoms. The summed E-state index contributed by atoms with van der Waals surface area (Å²) in [6.45, 7) is 2.21. The minimum absolute atomic E-state index is 0.636. The molecule has 14 heavy (non-hydrogen) atoms. The zero-order valence-electron chi connectivity index (χ0n) is 8.90. The van der Waals surface area contributed by atoms with Crippen LogP contribution in [-0.2, 0) is 0 Å². The van der Waals surface area contributed by atoms with Crippen LogP contribution in [-0.4, -0.2) is 38.1 Å². The van der Waals surface area contributed by atoms with Crippen molar-refractivity contribution in [2.45, 2.75) is 12.0 Å². The third kappa shape index (κ3) is 1.81. The van der Waals surface area contributed by atoms with E-state index in [-0.39, 0.29) is 0 Å². The van der Waals surface area contributed by atoms with Gasteiger partial charge in [0.25, 0.3) is 0 Å². The van der Waals surface area contributed by atoms with Crippen molar-refractivity contribution < 1.29 is 0 Å². The molecule has 2 nitrogen and oxygen atoms in total. The maximum atomic E-state index is 3.46. The summed E-state index contributed by atoms with van der Waals surface area (Å²) in [5.74, 6) is 0.645. The van der Waals surface area contributed by atoms with Crippen molar-refractivity contribution in [1.29, 1.82) is 0 Å². The van der Waals surface area contributed by atoms with Crippen LogP contribution in [0.1, 0.15) is 11.5 Å². The number of nitrogens with zero attached hydrogens (tertiary/aromatic N) is 1. The average Bonchev–Trinajstić information content (AvgIpc) is 2.67. The maximum Gasteiger partial charge on any atom is 0.0295 e. The van der Waals surface area contributed by atoms with Gasteiger partial charge in [-0.1, -0.05) is 30.3 Å². The zero-order valence-corrected chi connectivity index (χ0v) is 8.90. The SMILES string of the molecule is CN(C)[C@H]1CNC[C@@H]1c1ccccc1. The van der Waals surface area contributed by atoms with Gasteiger partial charge in [-0.3, -0.25) is 0 Å². The third-order valence-corrected chi connectivity index (χ3v) is 3.07. The summed E-state index contributed by atoms with van der Waals surface area (Å²) in [5.41, 5.74) is 1.45. The third-order valence-electron chi connectivity index (χ3n) is 3.07. The quantitative estimate of drug-likeness (QED) is 0.756. The molecule has 76 valence electrons. The molecule has 1 aromatic rings. The lowest BCUT2D eigenvalue weighted by molar-refractivity contribution is 0.291. The van der Waals surface area contributed by atoms with Gasteiger partial charge < -0.3 is 10.2 Å². The minimum atomic E-state index is 0.636. The normalized spacial score (nSPS) is 27.1. The highest BCUT2D eigenvalue weighted by molar-refractivity contribution is 5.23. The van der Waals surface area contributed by atoms with E-state index in [0.29, 0.717) is 12.0 Å². The van der Waals surface area contributed by atoms with Gasteiger partial charge in [0.05, 0.1) is 0 Å². The van der Waals surface area contributed by atoms with Crippen LogP contribution in [0.4, 0.5) is 0 Å². The molecular formula is C12H18N2. The van der Waals surface area contributed by atoms with E-state index in [1.165, 1.54) is 5.56 Å². The van der Waals surface area contributed by atoms with E-state index >= 15 is 0 Å². The van der Waals surface area contributed by atoms with Crippen molar-refractivity contribution in [3.05, 3.63) is 35.9 Å². The highest BCUT2D eigenvalue weighted by Crippen LogP contribution is 2.24. The van der Waals surface area contributed by atoms with Crippen LogP contribution < -0.4 is 5.32 Å². The van der Waals surface area contributed by atoms with Gasteiger partial charge in [-0.25, -0.2) is 0 Å². The van der Waals surface area contributed by atoms with Crippen molar-refractivity contribution >= 4 is 0 Å². The molecule has 0 saturated carbocycles. The molecule has 0 radical (unpaired) electrons. The second kappa shape index (κ2) is 4.11. The smallest absolute Gasteiger partial charge is 0.0295 e.